The van der Waals surface area contributed by atoms with Gasteiger partial charge in [-0.05, 0) is 42.8 Å². The molecule has 0 aliphatic carbocycles. The van der Waals surface area contributed by atoms with Gasteiger partial charge in [0.1, 0.15) is 11.5 Å². The van der Waals surface area contributed by atoms with Crippen LogP contribution >= 0.6 is 0 Å². The lowest BCUT2D eigenvalue weighted by molar-refractivity contribution is -0.118. The summed E-state index contributed by atoms with van der Waals surface area (Å²) in [6.45, 7) is 1.76. The fourth-order valence-corrected chi connectivity index (χ4v) is 1.64. The van der Waals surface area contributed by atoms with Crippen LogP contribution in [0.2, 0.25) is 0 Å². The maximum Gasteiger partial charge on any atom is 0.262 e. The van der Waals surface area contributed by atoms with Gasteiger partial charge < -0.3 is 15.2 Å². The number of rotatable bonds is 4. The molecule has 0 saturated carbocycles. The van der Waals surface area contributed by atoms with Crippen molar-refractivity contribution in [1.82, 2.24) is 0 Å². The topological polar surface area (TPSA) is 58.6 Å². The van der Waals surface area contributed by atoms with E-state index in [1.54, 1.807) is 24.3 Å². The molecule has 0 radical (unpaired) electrons. The summed E-state index contributed by atoms with van der Waals surface area (Å²) in [7, 11) is 0. The fraction of sp³-hybridized carbons (Fsp3) is 0.133. The molecule has 19 heavy (non-hydrogen) atoms. The van der Waals surface area contributed by atoms with E-state index < -0.39 is 0 Å². The number of carbonyl (C=O) groups excluding carboxylic acids is 1. The van der Waals surface area contributed by atoms with Crippen LogP contribution < -0.4 is 10.1 Å². The molecule has 0 aliphatic heterocycles. The Hall–Kier alpha value is -2.49. The zero-order valence-electron chi connectivity index (χ0n) is 10.6. The summed E-state index contributed by atoms with van der Waals surface area (Å²) in [5, 5.41) is 12.0. The van der Waals surface area contributed by atoms with E-state index in [4.69, 9.17) is 4.74 Å². The second-order valence-electron chi connectivity index (χ2n) is 4.15. The van der Waals surface area contributed by atoms with Crippen molar-refractivity contribution in [1.29, 1.82) is 0 Å². The lowest BCUT2D eigenvalue weighted by atomic mass is 10.2. The van der Waals surface area contributed by atoms with Gasteiger partial charge in [0.05, 0.1) is 0 Å². The van der Waals surface area contributed by atoms with Gasteiger partial charge in [-0.2, -0.15) is 0 Å². The number of aryl methyl sites for hydroxylation is 1. The Morgan fingerprint density at radius 2 is 1.95 bits per heavy atom. The predicted molar refractivity (Wildman–Crippen MR) is 73.4 cm³/mol. The smallest absolute Gasteiger partial charge is 0.262 e. The number of benzene rings is 2. The number of phenolic OH excluding ortho intramolecular Hbond substituents is 1. The van der Waals surface area contributed by atoms with Crippen molar-refractivity contribution in [3.8, 4) is 11.5 Å². The SMILES string of the molecule is Cc1cc(O)ccc1NC(=O)COc1ccccc1. The van der Waals surface area contributed by atoms with Crippen LogP contribution in [0.1, 0.15) is 5.56 Å². The fourth-order valence-electron chi connectivity index (χ4n) is 1.64. The van der Waals surface area contributed by atoms with Crippen LogP contribution in [0.25, 0.3) is 0 Å². The van der Waals surface area contributed by atoms with Gasteiger partial charge in [0.15, 0.2) is 6.61 Å². The average molecular weight is 257 g/mol. The van der Waals surface area contributed by atoms with Crippen molar-refractivity contribution in [3.05, 3.63) is 54.1 Å². The minimum atomic E-state index is -0.238. The minimum absolute atomic E-state index is 0.0513. The highest BCUT2D eigenvalue weighted by Gasteiger charge is 2.06. The second kappa shape index (κ2) is 5.91. The number of phenols is 1. The summed E-state index contributed by atoms with van der Waals surface area (Å²) in [4.78, 5) is 11.7. The summed E-state index contributed by atoms with van der Waals surface area (Å²) in [5.74, 6) is 0.591. The second-order valence-corrected chi connectivity index (χ2v) is 4.15. The van der Waals surface area contributed by atoms with Crippen molar-refractivity contribution in [2.75, 3.05) is 11.9 Å². The molecule has 2 aromatic carbocycles. The summed E-state index contributed by atoms with van der Waals surface area (Å²) in [6, 6.07) is 13.9. The highest BCUT2D eigenvalue weighted by atomic mass is 16.5. The first kappa shape index (κ1) is 13.0. The van der Waals surface area contributed by atoms with Gasteiger partial charge in [0.2, 0.25) is 0 Å². The number of anilines is 1. The molecule has 2 aromatic rings. The first-order valence-corrected chi connectivity index (χ1v) is 5.92. The molecule has 0 heterocycles. The molecular weight excluding hydrogens is 242 g/mol. The first-order valence-electron chi connectivity index (χ1n) is 5.92. The van der Waals surface area contributed by atoms with E-state index in [0.29, 0.717) is 11.4 Å². The number of amides is 1. The van der Waals surface area contributed by atoms with E-state index in [1.165, 1.54) is 6.07 Å². The Labute approximate surface area is 111 Å². The van der Waals surface area contributed by atoms with E-state index >= 15 is 0 Å². The van der Waals surface area contributed by atoms with Crippen molar-refractivity contribution >= 4 is 11.6 Å². The Bertz CT molecular complexity index is 567. The van der Waals surface area contributed by atoms with Gasteiger partial charge in [-0.3, -0.25) is 4.79 Å². The van der Waals surface area contributed by atoms with Crippen LogP contribution in [0, 0.1) is 6.92 Å². The van der Waals surface area contributed by atoms with Gasteiger partial charge in [-0.15, -0.1) is 0 Å². The minimum Gasteiger partial charge on any atom is -0.508 e. The third-order valence-corrected chi connectivity index (χ3v) is 2.60. The monoisotopic (exact) mass is 257 g/mol. The molecule has 4 heteroatoms. The number of para-hydroxylation sites is 1. The maximum atomic E-state index is 11.7. The Morgan fingerprint density at radius 1 is 1.21 bits per heavy atom. The van der Waals surface area contributed by atoms with Gasteiger partial charge in [0, 0.05) is 5.69 Å². The first-order chi connectivity index (χ1) is 9.15. The molecule has 0 spiro atoms. The molecule has 0 bridgehead atoms. The third kappa shape index (κ3) is 3.74. The van der Waals surface area contributed by atoms with E-state index in [1.807, 2.05) is 25.1 Å². The van der Waals surface area contributed by atoms with Gasteiger partial charge in [-0.25, -0.2) is 0 Å². The predicted octanol–water partition coefficient (Wildman–Crippen LogP) is 2.72. The van der Waals surface area contributed by atoms with E-state index in [9.17, 15) is 9.90 Å². The molecule has 0 atom stereocenters. The summed E-state index contributed by atoms with van der Waals surface area (Å²) < 4.78 is 5.34. The zero-order valence-corrected chi connectivity index (χ0v) is 10.6. The largest absolute Gasteiger partial charge is 0.508 e. The number of aromatic hydroxyl groups is 1. The van der Waals surface area contributed by atoms with Crippen molar-refractivity contribution in [3.63, 3.8) is 0 Å². The normalized spacial score (nSPS) is 9.95. The Balaban J connectivity index is 1.91. The highest BCUT2D eigenvalue weighted by molar-refractivity contribution is 5.92. The van der Waals surface area contributed by atoms with Crippen molar-refractivity contribution in [2.24, 2.45) is 0 Å². The molecule has 98 valence electrons. The summed E-state index contributed by atoms with van der Waals surface area (Å²) in [5.41, 5.74) is 1.47. The number of hydrogen-bond donors (Lipinski definition) is 2. The molecule has 0 unspecified atom stereocenters. The van der Waals surface area contributed by atoms with Crippen LogP contribution in [-0.2, 0) is 4.79 Å². The quantitative estimate of drug-likeness (QED) is 0.828. The van der Waals surface area contributed by atoms with Gasteiger partial charge >= 0.3 is 0 Å². The molecule has 0 aromatic heterocycles. The van der Waals surface area contributed by atoms with Gasteiger partial charge in [-0.1, -0.05) is 18.2 Å². The summed E-state index contributed by atoms with van der Waals surface area (Å²) in [6.07, 6.45) is 0. The number of ether oxygens (including phenoxy) is 1. The van der Waals surface area contributed by atoms with Crippen LogP contribution in [0.5, 0.6) is 11.5 Å². The van der Waals surface area contributed by atoms with E-state index in [0.717, 1.165) is 5.56 Å². The molecule has 0 aliphatic rings. The Kier molecular flexibility index (Phi) is 4.03. The molecule has 2 rings (SSSR count). The number of nitrogens with one attached hydrogen (secondary N) is 1. The molecular formula is C15H15NO3. The highest BCUT2D eigenvalue weighted by Crippen LogP contribution is 2.20. The van der Waals surface area contributed by atoms with Crippen LogP contribution in [0.3, 0.4) is 0 Å². The van der Waals surface area contributed by atoms with E-state index in [-0.39, 0.29) is 18.3 Å². The molecule has 0 fully saturated rings. The molecule has 4 nitrogen and oxygen atoms in total. The third-order valence-electron chi connectivity index (χ3n) is 2.60. The van der Waals surface area contributed by atoms with Crippen molar-refractivity contribution in [2.45, 2.75) is 6.92 Å². The Morgan fingerprint density at radius 3 is 2.63 bits per heavy atom. The molecule has 1 amide bonds. The van der Waals surface area contributed by atoms with Crippen molar-refractivity contribution < 1.29 is 14.6 Å². The van der Waals surface area contributed by atoms with Gasteiger partial charge in [0.25, 0.3) is 5.91 Å². The summed E-state index contributed by atoms with van der Waals surface area (Å²) >= 11 is 0. The number of carbonyl (C=O) groups is 1. The van der Waals surface area contributed by atoms with Crippen LogP contribution in [-0.4, -0.2) is 17.6 Å². The average Bonchev–Trinajstić information content (AvgIpc) is 2.41. The zero-order chi connectivity index (χ0) is 13.7. The molecule has 0 saturated heterocycles. The maximum absolute atomic E-state index is 11.7. The molecule has 2 N–H and O–H groups in total. The van der Waals surface area contributed by atoms with Crippen LogP contribution in [0.4, 0.5) is 5.69 Å². The lowest BCUT2D eigenvalue weighted by Crippen LogP contribution is -2.20. The van der Waals surface area contributed by atoms with Crippen LogP contribution in [0.15, 0.2) is 48.5 Å². The van der Waals surface area contributed by atoms with E-state index in [2.05, 4.69) is 5.32 Å². The number of hydrogen-bond acceptors (Lipinski definition) is 3. The standard InChI is InChI=1S/C15H15NO3/c1-11-9-12(17)7-8-14(11)16-15(18)10-19-13-5-3-2-4-6-13/h2-9,17H,10H2,1H3,(H,16,18). The lowest BCUT2D eigenvalue weighted by Gasteiger charge is -2.09.